The SMILES string of the molecule is O=C(Nc1ccc(Cl)cc1C(=O)c1ccccc1)c1cccc(CN2CCN(S(=O)(=O)c3ccccc3)CC2)c1. The number of nitrogens with one attached hydrogen (secondary N) is 1. The number of carbonyl (C=O) groups is 2. The lowest BCUT2D eigenvalue weighted by Crippen LogP contribution is -2.48. The summed E-state index contributed by atoms with van der Waals surface area (Å²) in [6, 6.07) is 29.4. The van der Waals surface area contributed by atoms with Crippen LogP contribution < -0.4 is 5.32 Å². The number of sulfonamides is 1. The summed E-state index contributed by atoms with van der Waals surface area (Å²) in [6.07, 6.45) is 0. The summed E-state index contributed by atoms with van der Waals surface area (Å²) < 4.78 is 27.4. The highest BCUT2D eigenvalue weighted by atomic mass is 35.5. The molecule has 204 valence electrons. The molecule has 0 unspecified atom stereocenters. The number of anilines is 1. The Morgan fingerprint density at radius 2 is 1.40 bits per heavy atom. The summed E-state index contributed by atoms with van der Waals surface area (Å²) in [5.74, 6) is -0.578. The van der Waals surface area contributed by atoms with Crippen molar-refractivity contribution in [2.45, 2.75) is 11.4 Å². The van der Waals surface area contributed by atoms with Gasteiger partial charge in [-0.05, 0) is 48.0 Å². The molecule has 1 heterocycles. The number of nitrogens with zero attached hydrogens (tertiary/aromatic N) is 2. The molecule has 0 aliphatic carbocycles. The molecule has 1 aliphatic heterocycles. The van der Waals surface area contributed by atoms with Crippen LogP contribution in [0.2, 0.25) is 5.02 Å². The third-order valence-electron chi connectivity index (χ3n) is 6.82. The second-order valence-electron chi connectivity index (χ2n) is 9.53. The quantitative estimate of drug-likeness (QED) is 0.288. The van der Waals surface area contributed by atoms with Gasteiger partial charge in [-0.25, -0.2) is 8.42 Å². The van der Waals surface area contributed by atoms with Crippen LogP contribution >= 0.6 is 11.6 Å². The topological polar surface area (TPSA) is 86.8 Å². The summed E-state index contributed by atoms with van der Waals surface area (Å²) in [5, 5.41) is 3.27. The van der Waals surface area contributed by atoms with Crippen molar-refractivity contribution in [1.29, 1.82) is 0 Å². The predicted molar refractivity (Wildman–Crippen MR) is 156 cm³/mol. The van der Waals surface area contributed by atoms with E-state index in [1.165, 1.54) is 4.31 Å². The molecule has 4 aromatic carbocycles. The first-order valence-corrected chi connectivity index (χ1v) is 14.7. The minimum Gasteiger partial charge on any atom is -0.321 e. The van der Waals surface area contributed by atoms with Gasteiger partial charge >= 0.3 is 0 Å². The molecule has 0 aromatic heterocycles. The van der Waals surface area contributed by atoms with E-state index in [0.717, 1.165) is 5.56 Å². The fourth-order valence-electron chi connectivity index (χ4n) is 4.69. The highest BCUT2D eigenvalue weighted by molar-refractivity contribution is 7.89. The Balaban J connectivity index is 1.24. The average Bonchev–Trinajstić information content (AvgIpc) is 2.99. The van der Waals surface area contributed by atoms with Gasteiger partial charge in [-0.3, -0.25) is 14.5 Å². The second kappa shape index (κ2) is 12.1. The smallest absolute Gasteiger partial charge is 0.255 e. The monoisotopic (exact) mass is 573 g/mol. The van der Waals surface area contributed by atoms with Crippen molar-refractivity contribution in [2.24, 2.45) is 0 Å². The van der Waals surface area contributed by atoms with Crippen LogP contribution in [0.1, 0.15) is 31.8 Å². The third-order valence-corrected chi connectivity index (χ3v) is 8.97. The largest absolute Gasteiger partial charge is 0.321 e. The average molecular weight is 574 g/mol. The Bertz CT molecular complexity index is 1620. The molecule has 1 fully saturated rings. The number of benzene rings is 4. The molecule has 9 heteroatoms. The fraction of sp³-hybridized carbons (Fsp3) is 0.161. The zero-order chi connectivity index (χ0) is 28.1. The molecule has 0 atom stereocenters. The van der Waals surface area contributed by atoms with Gasteiger partial charge in [-0.2, -0.15) is 4.31 Å². The molecule has 0 spiro atoms. The Kier molecular flexibility index (Phi) is 8.42. The van der Waals surface area contributed by atoms with Gasteiger partial charge in [0, 0.05) is 54.4 Å². The van der Waals surface area contributed by atoms with E-state index in [1.807, 2.05) is 24.3 Å². The van der Waals surface area contributed by atoms with Crippen LogP contribution in [-0.4, -0.2) is 55.5 Å². The van der Waals surface area contributed by atoms with Gasteiger partial charge in [0.2, 0.25) is 10.0 Å². The zero-order valence-electron chi connectivity index (χ0n) is 21.7. The number of halogens is 1. The number of ketones is 1. The molecule has 0 saturated carbocycles. The number of piperazine rings is 1. The summed E-state index contributed by atoms with van der Waals surface area (Å²) >= 11 is 6.17. The summed E-state index contributed by atoms with van der Waals surface area (Å²) in [5.41, 5.74) is 2.58. The summed E-state index contributed by atoms with van der Waals surface area (Å²) in [7, 11) is -3.51. The van der Waals surface area contributed by atoms with E-state index in [4.69, 9.17) is 11.6 Å². The van der Waals surface area contributed by atoms with Crippen LogP contribution in [0.3, 0.4) is 0 Å². The summed E-state index contributed by atoms with van der Waals surface area (Å²) in [4.78, 5) is 28.8. The number of carbonyl (C=O) groups excluding carboxylic acids is 2. The number of hydrogen-bond donors (Lipinski definition) is 1. The minimum atomic E-state index is -3.51. The predicted octanol–water partition coefficient (Wildman–Crippen LogP) is 5.33. The third kappa shape index (κ3) is 6.32. The molecule has 1 saturated heterocycles. The van der Waals surface area contributed by atoms with Crippen LogP contribution in [0.25, 0.3) is 0 Å². The van der Waals surface area contributed by atoms with Crippen molar-refractivity contribution in [3.8, 4) is 0 Å². The normalized spacial score (nSPS) is 14.5. The zero-order valence-corrected chi connectivity index (χ0v) is 23.2. The van der Waals surface area contributed by atoms with Gasteiger partial charge < -0.3 is 5.32 Å². The maximum Gasteiger partial charge on any atom is 0.255 e. The second-order valence-corrected chi connectivity index (χ2v) is 11.9. The Hall–Kier alpha value is -3.82. The van der Waals surface area contributed by atoms with Crippen molar-refractivity contribution in [1.82, 2.24) is 9.21 Å². The summed E-state index contributed by atoms with van der Waals surface area (Å²) in [6.45, 7) is 2.54. The van der Waals surface area contributed by atoms with Crippen LogP contribution in [0, 0.1) is 0 Å². The highest BCUT2D eigenvalue weighted by Crippen LogP contribution is 2.25. The first-order valence-electron chi connectivity index (χ1n) is 12.9. The molecule has 40 heavy (non-hydrogen) atoms. The number of amides is 1. The van der Waals surface area contributed by atoms with Crippen LogP contribution in [0.4, 0.5) is 5.69 Å². The number of rotatable bonds is 8. The van der Waals surface area contributed by atoms with Crippen molar-refractivity contribution in [2.75, 3.05) is 31.5 Å². The molecular formula is C31H28ClN3O4S. The lowest BCUT2D eigenvalue weighted by atomic mass is 10.0. The van der Waals surface area contributed by atoms with Crippen LogP contribution in [-0.2, 0) is 16.6 Å². The van der Waals surface area contributed by atoms with E-state index in [2.05, 4.69) is 10.2 Å². The van der Waals surface area contributed by atoms with Crippen molar-refractivity contribution >= 4 is 39.0 Å². The number of hydrogen-bond acceptors (Lipinski definition) is 5. The first kappa shape index (κ1) is 27.7. The van der Waals surface area contributed by atoms with Crippen LogP contribution in [0.15, 0.2) is 108 Å². The molecule has 1 aliphatic rings. The van der Waals surface area contributed by atoms with Gasteiger partial charge in [0.15, 0.2) is 5.78 Å². The van der Waals surface area contributed by atoms with E-state index in [-0.39, 0.29) is 11.7 Å². The van der Waals surface area contributed by atoms with Gasteiger partial charge in [0.05, 0.1) is 10.6 Å². The van der Waals surface area contributed by atoms with Gasteiger partial charge in [0.1, 0.15) is 0 Å². The molecule has 4 aromatic rings. The Morgan fingerprint density at radius 1 is 0.750 bits per heavy atom. The van der Waals surface area contributed by atoms with Gasteiger partial charge in [0.25, 0.3) is 5.91 Å². The molecular weight excluding hydrogens is 546 g/mol. The molecule has 1 N–H and O–H groups in total. The van der Waals surface area contributed by atoms with E-state index in [1.54, 1.807) is 78.9 Å². The first-order chi connectivity index (χ1) is 19.3. The van der Waals surface area contributed by atoms with Crippen LogP contribution in [0.5, 0.6) is 0 Å². The molecule has 0 bridgehead atoms. The molecule has 7 nitrogen and oxygen atoms in total. The fourth-order valence-corrected chi connectivity index (χ4v) is 6.31. The highest BCUT2D eigenvalue weighted by Gasteiger charge is 2.28. The molecule has 5 rings (SSSR count). The lowest BCUT2D eigenvalue weighted by molar-refractivity contribution is 0.102. The van der Waals surface area contributed by atoms with E-state index >= 15 is 0 Å². The van der Waals surface area contributed by atoms with Crippen molar-refractivity contribution in [3.63, 3.8) is 0 Å². The van der Waals surface area contributed by atoms with Crippen molar-refractivity contribution in [3.05, 3.63) is 130 Å². The van der Waals surface area contributed by atoms with E-state index in [0.29, 0.717) is 65.0 Å². The molecule has 0 radical (unpaired) electrons. The Labute approximate surface area is 239 Å². The van der Waals surface area contributed by atoms with E-state index < -0.39 is 10.0 Å². The Morgan fingerprint density at radius 3 is 2.10 bits per heavy atom. The van der Waals surface area contributed by atoms with Gasteiger partial charge in [-0.15, -0.1) is 0 Å². The lowest BCUT2D eigenvalue weighted by Gasteiger charge is -2.34. The molecule has 1 amide bonds. The maximum atomic E-state index is 13.2. The van der Waals surface area contributed by atoms with Crippen molar-refractivity contribution < 1.29 is 18.0 Å². The minimum absolute atomic E-state index is 0.236. The van der Waals surface area contributed by atoms with Gasteiger partial charge in [-0.1, -0.05) is 72.3 Å². The maximum absolute atomic E-state index is 13.2. The van der Waals surface area contributed by atoms with E-state index in [9.17, 15) is 18.0 Å². The standard InChI is InChI=1S/C31H28ClN3O4S/c32-26-14-15-29(28(21-26)30(36)24-9-3-1-4-10-24)33-31(37)25-11-7-8-23(20-25)22-34-16-18-35(19-17-34)40(38,39)27-12-5-2-6-13-27/h1-15,20-21H,16-19,22H2,(H,33,37).